The molecule has 0 radical (unpaired) electrons. The van der Waals surface area contributed by atoms with Gasteiger partial charge in [-0.05, 0) is 12.1 Å². The monoisotopic (exact) mass is 340 g/mol. The minimum absolute atomic E-state index is 0.0121. The molecule has 0 spiro atoms. The van der Waals surface area contributed by atoms with Gasteiger partial charge in [0.05, 0.1) is 18.4 Å². The van der Waals surface area contributed by atoms with E-state index in [2.05, 4.69) is 31.7 Å². The topological polar surface area (TPSA) is 76.8 Å². The van der Waals surface area contributed by atoms with Gasteiger partial charge in [0.2, 0.25) is 0 Å². The van der Waals surface area contributed by atoms with Crippen molar-refractivity contribution in [3.8, 4) is 10.7 Å². The van der Waals surface area contributed by atoms with Gasteiger partial charge < -0.3 is 9.47 Å². The van der Waals surface area contributed by atoms with E-state index in [1.165, 1.54) is 11.3 Å². The van der Waals surface area contributed by atoms with Crippen LogP contribution in [0.4, 0.5) is 0 Å². The molecule has 1 aliphatic heterocycles. The third-order valence-corrected chi connectivity index (χ3v) is 5.04. The van der Waals surface area contributed by atoms with Crippen LogP contribution in [0.25, 0.3) is 10.7 Å². The Kier molecular flexibility index (Phi) is 3.81. The summed E-state index contributed by atoms with van der Waals surface area (Å²) in [6.45, 7) is 3.95. The first-order valence-electron chi connectivity index (χ1n) is 7.83. The number of rotatable bonds is 3. The quantitative estimate of drug-likeness (QED) is 0.729. The highest BCUT2D eigenvalue weighted by Gasteiger charge is 2.26. The van der Waals surface area contributed by atoms with E-state index in [0.29, 0.717) is 18.0 Å². The Hall–Kier alpha value is -2.61. The van der Waals surface area contributed by atoms with Crippen LogP contribution in [0.5, 0.6) is 0 Å². The van der Waals surface area contributed by atoms with Crippen molar-refractivity contribution < 1.29 is 4.79 Å². The van der Waals surface area contributed by atoms with Crippen molar-refractivity contribution in [3.05, 3.63) is 47.1 Å². The molecule has 1 amide bonds. The summed E-state index contributed by atoms with van der Waals surface area (Å²) in [7, 11) is 0. The van der Waals surface area contributed by atoms with Gasteiger partial charge in [-0.1, -0.05) is 13.0 Å². The molecule has 0 atom stereocenters. The van der Waals surface area contributed by atoms with Crippen LogP contribution in [-0.2, 0) is 19.5 Å². The molecule has 4 rings (SSSR count). The highest BCUT2D eigenvalue weighted by Crippen LogP contribution is 2.25. The number of carbonyl (C=O) groups is 1. The van der Waals surface area contributed by atoms with Gasteiger partial charge in [-0.15, -0.1) is 21.5 Å². The SMILES string of the molecule is CCc1nnc2n1CCN(C(=O)c1cnc(-c3ccccn3)s1)C2. The number of hydrogen-bond acceptors (Lipinski definition) is 6. The molecule has 122 valence electrons. The molecule has 0 unspecified atom stereocenters. The van der Waals surface area contributed by atoms with Gasteiger partial charge in [0.1, 0.15) is 15.7 Å². The molecule has 24 heavy (non-hydrogen) atoms. The van der Waals surface area contributed by atoms with Gasteiger partial charge in [0.15, 0.2) is 5.82 Å². The van der Waals surface area contributed by atoms with Crippen LogP contribution in [0.3, 0.4) is 0 Å². The number of hydrogen-bond donors (Lipinski definition) is 0. The third-order valence-electron chi connectivity index (χ3n) is 4.03. The Morgan fingerprint density at radius 2 is 2.17 bits per heavy atom. The predicted octanol–water partition coefficient (Wildman–Crippen LogP) is 2.01. The normalized spacial score (nSPS) is 13.8. The molecule has 3 aromatic rings. The maximum atomic E-state index is 12.7. The second-order valence-corrected chi connectivity index (χ2v) is 6.54. The standard InChI is InChI=1S/C16H16N6OS/c1-2-13-19-20-14-10-21(7-8-22(13)14)16(23)12-9-18-15(24-12)11-5-3-4-6-17-11/h3-6,9H,2,7-8,10H2,1H3. The maximum absolute atomic E-state index is 12.7. The molecule has 7 nitrogen and oxygen atoms in total. The maximum Gasteiger partial charge on any atom is 0.266 e. The number of fused-ring (bicyclic) bond motifs is 1. The fraction of sp³-hybridized carbons (Fsp3) is 0.312. The van der Waals surface area contributed by atoms with Crippen LogP contribution < -0.4 is 0 Å². The van der Waals surface area contributed by atoms with E-state index in [-0.39, 0.29) is 5.91 Å². The van der Waals surface area contributed by atoms with E-state index >= 15 is 0 Å². The van der Waals surface area contributed by atoms with Crippen LogP contribution in [-0.4, -0.2) is 42.1 Å². The molecule has 0 saturated heterocycles. The number of amides is 1. The number of aryl methyl sites for hydroxylation is 1. The molecule has 1 aliphatic rings. The molecule has 3 aromatic heterocycles. The second kappa shape index (κ2) is 6.12. The van der Waals surface area contributed by atoms with Crippen molar-refractivity contribution >= 4 is 17.2 Å². The van der Waals surface area contributed by atoms with Crippen molar-refractivity contribution in [3.63, 3.8) is 0 Å². The smallest absolute Gasteiger partial charge is 0.266 e. The first-order valence-corrected chi connectivity index (χ1v) is 8.65. The summed E-state index contributed by atoms with van der Waals surface area (Å²) in [6.07, 6.45) is 4.21. The summed E-state index contributed by atoms with van der Waals surface area (Å²) < 4.78 is 2.11. The van der Waals surface area contributed by atoms with E-state index in [1.807, 2.05) is 18.2 Å². The zero-order chi connectivity index (χ0) is 16.5. The molecular formula is C16H16N6OS. The predicted molar refractivity (Wildman–Crippen MR) is 89.5 cm³/mol. The lowest BCUT2D eigenvalue weighted by atomic mass is 10.3. The molecule has 8 heteroatoms. The zero-order valence-electron chi connectivity index (χ0n) is 13.2. The summed E-state index contributed by atoms with van der Waals surface area (Å²) in [6, 6.07) is 5.66. The number of thiazole rings is 1. The lowest BCUT2D eigenvalue weighted by Gasteiger charge is -2.27. The van der Waals surface area contributed by atoms with Gasteiger partial charge in [0, 0.05) is 25.7 Å². The van der Waals surface area contributed by atoms with Gasteiger partial charge in [0.25, 0.3) is 5.91 Å². The molecule has 0 saturated carbocycles. The molecule has 0 fully saturated rings. The largest absolute Gasteiger partial charge is 0.329 e. The number of pyridine rings is 1. The molecular weight excluding hydrogens is 324 g/mol. The van der Waals surface area contributed by atoms with Crippen LogP contribution >= 0.6 is 11.3 Å². The van der Waals surface area contributed by atoms with E-state index in [4.69, 9.17) is 0 Å². The first kappa shape index (κ1) is 14.9. The summed E-state index contributed by atoms with van der Waals surface area (Å²) >= 11 is 1.37. The van der Waals surface area contributed by atoms with Crippen LogP contribution in [0, 0.1) is 0 Å². The fourth-order valence-electron chi connectivity index (χ4n) is 2.79. The molecule has 0 bridgehead atoms. The van der Waals surface area contributed by atoms with E-state index in [9.17, 15) is 4.79 Å². The highest BCUT2D eigenvalue weighted by atomic mass is 32.1. The summed E-state index contributed by atoms with van der Waals surface area (Å²) in [5.41, 5.74) is 0.785. The zero-order valence-corrected chi connectivity index (χ0v) is 14.0. The van der Waals surface area contributed by atoms with Crippen molar-refractivity contribution in [1.29, 1.82) is 0 Å². The Bertz CT molecular complexity index is 872. The Morgan fingerprint density at radius 3 is 2.96 bits per heavy atom. The summed E-state index contributed by atoms with van der Waals surface area (Å²) in [5, 5.41) is 9.14. The van der Waals surface area contributed by atoms with Crippen molar-refractivity contribution in [1.82, 2.24) is 29.6 Å². The number of carbonyl (C=O) groups excluding carboxylic acids is 1. The van der Waals surface area contributed by atoms with Crippen LogP contribution in [0.2, 0.25) is 0 Å². The summed E-state index contributed by atoms with van der Waals surface area (Å²) in [5.74, 6) is 1.82. The van der Waals surface area contributed by atoms with Gasteiger partial charge in [-0.2, -0.15) is 0 Å². The third kappa shape index (κ3) is 2.58. The average Bonchev–Trinajstić information content (AvgIpc) is 3.28. The van der Waals surface area contributed by atoms with Gasteiger partial charge in [-0.3, -0.25) is 9.78 Å². The fourth-order valence-corrected chi connectivity index (χ4v) is 3.65. The van der Waals surface area contributed by atoms with Gasteiger partial charge in [-0.25, -0.2) is 4.98 Å². The minimum atomic E-state index is -0.0121. The van der Waals surface area contributed by atoms with E-state index in [0.717, 1.165) is 35.3 Å². The van der Waals surface area contributed by atoms with Crippen molar-refractivity contribution in [2.45, 2.75) is 26.4 Å². The average molecular weight is 340 g/mol. The van der Waals surface area contributed by atoms with Crippen LogP contribution in [0.1, 0.15) is 28.2 Å². The Balaban J connectivity index is 1.54. The molecule has 0 aliphatic carbocycles. The first-order chi connectivity index (χ1) is 11.8. The van der Waals surface area contributed by atoms with Crippen LogP contribution in [0.15, 0.2) is 30.6 Å². The molecule has 0 aromatic carbocycles. The minimum Gasteiger partial charge on any atom is -0.329 e. The van der Waals surface area contributed by atoms with E-state index in [1.54, 1.807) is 17.3 Å². The van der Waals surface area contributed by atoms with E-state index < -0.39 is 0 Å². The summed E-state index contributed by atoms with van der Waals surface area (Å²) in [4.78, 5) is 23.8. The van der Waals surface area contributed by atoms with Crippen molar-refractivity contribution in [2.24, 2.45) is 0 Å². The Labute approximate surface area is 143 Å². The lowest BCUT2D eigenvalue weighted by Crippen LogP contribution is -2.38. The second-order valence-electron chi connectivity index (χ2n) is 5.51. The molecule has 0 N–H and O–H groups in total. The number of aromatic nitrogens is 5. The van der Waals surface area contributed by atoms with Crippen molar-refractivity contribution in [2.75, 3.05) is 6.54 Å². The Morgan fingerprint density at radius 1 is 1.25 bits per heavy atom. The highest BCUT2D eigenvalue weighted by molar-refractivity contribution is 7.16. The molecule has 4 heterocycles. The lowest BCUT2D eigenvalue weighted by molar-refractivity contribution is 0.0711. The number of nitrogens with zero attached hydrogens (tertiary/aromatic N) is 6. The van der Waals surface area contributed by atoms with Gasteiger partial charge >= 0.3 is 0 Å².